The molecule has 0 spiro atoms. The second-order valence-corrected chi connectivity index (χ2v) is 5.94. The molecular formula is C15H30N2O. The van der Waals surface area contributed by atoms with Gasteiger partial charge < -0.3 is 10.6 Å². The summed E-state index contributed by atoms with van der Waals surface area (Å²) < 4.78 is 0. The van der Waals surface area contributed by atoms with Crippen molar-refractivity contribution in [3.8, 4) is 0 Å². The van der Waals surface area contributed by atoms with Crippen molar-refractivity contribution in [3.63, 3.8) is 0 Å². The van der Waals surface area contributed by atoms with Crippen LogP contribution >= 0.6 is 0 Å². The summed E-state index contributed by atoms with van der Waals surface area (Å²) in [7, 11) is 0. The Morgan fingerprint density at radius 1 is 1.28 bits per heavy atom. The molecule has 1 aliphatic rings. The van der Waals surface area contributed by atoms with Crippen LogP contribution in [0, 0.1) is 5.92 Å². The maximum atomic E-state index is 11.5. The molecule has 0 aromatic heterocycles. The van der Waals surface area contributed by atoms with E-state index >= 15 is 0 Å². The van der Waals surface area contributed by atoms with Gasteiger partial charge in [-0.15, -0.1) is 0 Å². The third kappa shape index (κ3) is 7.70. The lowest BCUT2D eigenvalue weighted by atomic mass is 9.99. The summed E-state index contributed by atoms with van der Waals surface area (Å²) in [5, 5.41) is 6.54. The summed E-state index contributed by atoms with van der Waals surface area (Å²) in [5.74, 6) is 0.769. The zero-order valence-corrected chi connectivity index (χ0v) is 12.1. The molecule has 1 aliphatic heterocycles. The Morgan fingerprint density at radius 3 is 2.78 bits per heavy atom. The number of nitrogens with one attached hydrogen (secondary N) is 2. The Hall–Kier alpha value is -0.570. The number of carbonyl (C=O) groups excluding carboxylic acids is 1. The number of hydrogen-bond acceptors (Lipinski definition) is 2. The average molecular weight is 254 g/mol. The highest BCUT2D eigenvalue weighted by atomic mass is 16.1. The quantitative estimate of drug-likeness (QED) is 0.654. The van der Waals surface area contributed by atoms with E-state index in [1.54, 1.807) is 0 Å². The molecule has 0 radical (unpaired) electrons. The number of carbonyl (C=O) groups is 1. The maximum Gasteiger partial charge on any atom is 0.220 e. The minimum Gasteiger partial charge on any atom is -0.356 e. The molecular weight excluding hydrogens is 224 g/mol. The van der Waals surface area contributed by atoms with Gasteiger partial charge in [-0.05, 0) is 38.1 Å². The number of unbranched alkanes of at least 4 members (excludes halogenated alkanes) is 2. The van der Waals surface area contributed by atoms with Gasteiger partial charge in [-0.25, -0.2) is 0 Å². The van der Waals surface area contributed by atoms with Crippen molar-refractivity contribution < 1.29 is 4.79 Å². The molecule has 0 aromatic carbocycles. The van der Waals surface area contributed by atoms with E-state index in [0.717, 1.165) is 19.0 Å². The lowest BCUT2D eigenvalue weighted by Crippen LogP contribution is -2.33. The summed E-state index contributed by atoms with van der Waals surface area (Å²) in [6, 6.07) is 0.744. The average Bonchev–Trinajstić information content (AvgIpc) is 2.37. The first kappa shape index (κ1) is 15.5. The number of amides is 1. The largest absolute Gasteiger partial charge is 0.356 e. The molecule has 1 saturated heterocycles. The van der Waals surface area contributed by atoms with Crippen LogP contribution in [0.2, 0.25) is 0 Å². The van der Waals surface area contributed by atoms with Gasteiger partial charge in [-0.3, -0.25) is 4.79 Å². The zero-order chi connectivity index (χ0) is 13.2. The van der Waals surface area contributed by atoms with Crippen LogP contribution in [0.3, 0.4) is 0 Å². The van der Waals surface area contributed by atoms with Crippen LogP contribution in [-0.2, 0) is 4.79 Å². The Balaban J connectivity index is 1.89. The Bertz CT molecular complexity index is 223. The minimum absolute atomic E-state index is 0.222. The molecule has 1 unspecified atom stereocenters. The van der Waals surface area contributed by atoms with Gasteiger partial charge in [0.15, 0.2) is 0 Å². The van der Waals surface area contributed by atoms with Crippen LogP contribution in [-0.4, -0.2) is 25.0 Å². The minimum atomic E-state index is 0.222. The van der Waals surface area contributed by atoms with E-state index in [9.17, 15) is 4.79 Å². The monoisotopic (exact) mass is 254 g/mol. The van der Waals surface area contributed by atoms with E-state index in [1.807, 2.05) is 0 Å². The first-order valence-electron chi connectivity index (χ1n) is 7.68. The SMILES string of the molecule is CC(C)CNC(=O)CCCCCC1CCCCN1. The molecule has 2 N–H and O–H groups in total. The van der Waals surface area contributed by atoms with Crippen LogP contribution in [0.25, 0.3) is 0 Å². The van der Waals surface area contributed by atoms with Crippen LogP contribution in [0.1, 0.15) is 65.2 Å². The van der Waals surface area contributed by atoms with Gasteiger partial charge in [0.2, 0.25) is 5.91 Å². The van der Waals surface area contributed by atoms with Crippen LogP contribution in [0.15, 0.2) is 0 Å². The molecule has 1 rings (SSSR count). The van der Waals surface area contributed by atoms with Gasteiger partial charge in [-0.2, -0.15) is 0 Å². The summed E-state index contributed by atoms with van der Waals surface area (Å²) in [6.45, 7) is 6.25. The van der Waals surface area contributed by atoms with E-state index in [-0.39, 0.29) is 5.91 Å². The lowest BCUT2D eigenvalue weighted by molar-refractivity contribution is -0.121. The molecule has 106 valence electrons. The molecule has 1 amide bonds. The molecule has 0 bridgehead atoms. The van der Waals surface area contributed by atoms with Crippen molar-refractivity contribution >= 4 is 5.91 Å². The second kappa shape index (κ2) is 9.37. The van der Waals surface area contributed by atoms with Gasteiger partial charge in [0, 0.05) is 19.0 Å². The van der Waals surface area contributed by atoms with Crippen molar-refractivity contribution in [2.45, 2.75) is 71.3 Å². The molecule has 3 heteroatoms. The summed E-state index contributed by atoms with van der Waals surface area (Å²) in [6.07, 6.45) is 9.54. The van der Waals surface area contributed by atoms with E-state index < -0.39 is 0 Å². The van der Waals surface area contributed by atoms with Gasteiger partial charge in [-0.1, -0.05) is 33.1 Å². The van der Waals surface area contributed by atoms with Crippen molar-refractivity contribution in [2.24, 2.45) is 5.92 Å². The fraction of sp³-hybridized carbons (Fsp3) is 0.933. The second-order valence-electron chi connectivity index (χ2n) is 5.94. The van der Waals surface area contributed by atoms with Crippen LogP contribution < -0.4 is 10.6 Å². The Morgan fingerprint density at radius 2 is 2.11 bits per heavy atom. The van der Waals surface area contributed by atoms with Gasteiger partial charge >= 0.3 is 0 Å². The van der Waals surface area contributed by atoms with E-state index in [2.05, 4.69) is 24.5 Å². The fourth-order valence-corrected chi connectivity index (χ4v) is 2.43. The third-order valence-corrected chi connectivity index (χ3v) is 3.58. The van der Waals surface area contributed by atoms with E-state index in [4.69, 9.17) is 0 Å². The molecule has 1 heterocycles. The molecule has 0 aliphatic carbocycles. The Labute approximate surface area is 112 Å². The van der Waals surface area contributed by atoms with Crippen LogP contribution in [0.4, 0.5) is 0 Å². The first-order valence-corrected chi connectivity index (χ1v) is 7.68. The zero-order valence-electron chi connectivity index (χ0n) is 12.1. The summed E-state index contributed by atoms with van der Waals surface area (Å²) in [5.41, 5.74) is 0. The van der Waals surface area contributed by atoms with Gasteiger partial charge in [0.05, 0.1) is 0 Å². The maximum absolute atomic E-state index is 11.5. The van der Waals surface area contributed by atoms with Crippen molar-refractivity contribution in [2.75, 3.05) is 13.1 Å². The van der Waals surface area contributed by atoms with Crippen molar-refractivity contribution in [3.05, 3.63) is 0 Å². The molecule has 1 fully saturated rings. The third-order valence-electron chi connectivity index (χ3n) is 3.58. The standard InChI is InChI=1S/C15H30N2O/c1-13(2)12-17-15(18)10-5-3-4-8-14-9-6-7-11-16-14/h13-14,16H,3-12H2,1-2H3,(H,17,18). The predicted octanol–water partition coefficient (Wildman–Crippen LogP) is 2.85. The molecule has 3 nitrogen and oxygen atoms in total. The number of piperidine rings is 1. The summed E-state index contributed by atoms with van der Waals surface area (Å²) in [4.78, 5) is 11.5. The molecule has 18 heavy (non-hydrogen) atoms. The van der Waals surface area contributed by atoms with Gasteiger partial charge in [0.25, 0.3) is 0 Å². The highest BCUT2D eigenvalue weighted by Crippen LogP contribution is 2.14. The van der Waals surface area contributed by atoms with Crippen molar-refractivity contribution in [1.82, 2.24) is 10.6 Å². The number of rotatable bonds is 8. The Kier molecular flexibility index (Phi) is 8.06. The normalized spacial score (nSPS) is 20.1. The molecule has 0 aromatic rings. The molecule has 1 atom stereocenters. The predicted molar refractivity (Wildman–Crippen MR) is 76.6 cm³/mol. The van der Waals surface area contributed by atoms with Gasteiger partial charge in [0.1, 0.15) is 0 Å². The van der Waals surface area contributed by atoms with E-state index in [0.29, 0.717) is 12.3 Å². The van der Waals surface area contributed by atoms with Crippen molar-refractivity contribution in [1.29, 1.82) is 0 Å². The fourth-order valence-electron chi connectivity index (χ4n) is 2.43. The highest BCUT2D eigenvalue weighted by Gasteiger charge is 2.11. The topological polar surface area (TPSA) is 41.1 Å². The molecule has 0 saturated carbocycles. The van der Waals surface area contributed by atoms with E-state index in [1.165, 1.54) is 45.1 Å². The summed E-state index contributed by atoms with van der Waals surface area (Å²) >= 11 is 0. The van der Waals surface area contributed by atoms with Crippen LogP contribution in [0.5, 0.6) is 0 Å². The smallest absolute Gasteiger partial charge is 0.220 e. The number of hydrogen-bond donors (Lipinski definition) is 2. The first-order chi connectivity index (χ1) is 8.68. The lowest BCUT2D eigenvalue weighted by Gasteiger charge is -2.23. The highest BCUT2D eigenvalue weighted by molar-refractivity contribution is 5.75.